The maximum Gasteiger partial charge on any atom is 0.230 e. The molecule has 124 valence electrons. The molecule has 0 bridgehead atoms. The highest BCUT2D eigenvalue weighted by molar-refractivity contribution is 8.00. The minimum atomic E-state index is 0.0874. The summed E-state index contributed by atoms with van der Waals surface area (Å²) < 4.78 is 0. The van der Waals surface area contributed by atoms with Gasteiger partial charge in [-0.1, -0.05) is 42.5 Å². The first-order valence-corrected chi connectivity index (χ1v) is 9.15. The monoisotopic (exact) mass is 332 g/mol. The Morgan fingerprint density at radius 2 is 1.96 bits per heavy atom. The number of nitrogens with one attached hydrogen (secondary N) is 1. The van der Waals surface area contributed by atoms with Gasteiger partial charge in [0.15, 0.2) is 0 Å². The molecule has 1 aromatic rings. The van der Waals surface area contributed by atoms with E-state index in [4.69, 9.17) is 0 Å². The van der Waals surface area contributed by atoms with Crippen LogP contribution in [0.25, 0.3) is 6.08 Å². The number of amides is 2. The SMILES string of the molecule is CC(=O)N1CCC(NC(=O)CSCC=Cc2ccccc2)CC1. The van der Waals surface area contributed by atoms with Gasteiger partial charge in [-0.3, -0.25) is 9.59 Å². The number of rotatable bonds is 6. The number of carbonyl (C=O) groups excluding carboxylic acids is 2. The predicted molar refractivity (Wildman–Crippen MR) is 96.2 cm³/mol. The van der Waals surface area contributed by atoms with Crippen LogP contribution in [0.3, 0.4) is 0 Å². The van der Waals surface area contributed by atoms with Crippen molar-refractivity contribution < 1.29 is 9.59 Å². The van der Waals surface area contributed by atoms with E-state index < -0.39 is 0 Å². The van der Waals surface area contributed by atoms with Crippen molar-refractivity contribution in [3.8, 4) is 0 Å². The van der Waals surface area contributed by atoms with Crippen LogP contribution in [0, 0.1) is 0 Å². The molecule has 1 aliphatic heterocycles. The van der Waals surface area contributed by atoms with Crippen molar-refractivity contribution >= 4 is 29.7 Å². The summed E-state index contributed by atoms with van der Waals surface area (Å²) in [6.45, 7) is 3.08. The third-order valence-corrected chi connectivity index (χ3v) is 4.76. The molecule has 0 radical (unpaired) electrons. The number of benzene rings is 1. The molecule has 1 saturated heterocycles. The minimum Gasteiger partial charge on any atom is -0.353 e. The summed E-state index contributed by atoms with van der Waals surface area (Å²) in [6.07, 6.45) is 5.86. The van der Waals surface area contributed by atoms with Crippen LogP contribution in [0.4, 0.5) is 0 Å². The molecule has 0 atom stereocenters. The Morgan fingerprint density at radius 3 is 2.61 bits per heavy atom. The van der Waals surface area contributed by atoms with Crippen LogP contribution < -0.4 is 5.32 Å². The number of hydrogen-bond donors (Lipinski definition) is 1. The van der Waals surface area contributed by atoms with Crippen LogP contribution in [0.5, 0.6) is 0 Å². The van der Waals surface area contributed by atoms with Crippen LogP contribution in [0.15, 0.2) is 36.4 Å². The van der Waals surface area contributed by atoms with Gasteiger partial charge in [0.05, 0.1) is 5.75 Å². The first-order chi connectivity index (χ1) is 11.1. The van der Waals surface area contributed by atoms with Gasteiger partial charge < -0.3 is 10.2 Å². The smallest absolute Gasteiger partial charge is 0.230 e. The van der Waals surface area contributed by atoms with E-state index in [1.165, 1.54) is 5.56 Å². The average molecular weight is 332 g/mol. The molecule has 1 aliphatic rings. The van der Waals surface area contributed by atoms with E-state index in [2.05, 4.69) is 29.6 Å². The summed E-state index contributed by atoms with van der Waals surface area (Å²) in [7, 11) is 0. The van der Waals surface area contributed by atoms with E-state index in [-0.39, 0.29) is 17.9 Å². The molecule has 1 N–H and O–H groups in total. The summed E-state index contributed by atoms with van der Waals surface area (Å²) in [5.41, 5.74) is 1.18. The number of thioether (sulfide) groups is 1. The van der Waals surface area contributed by atoms with Gasteiger partial charge in [0.25, 0.3) is 0 Å². The van der Waals surface area contributed by atoms with Crippen LogP contribution in [0.1, 0.15) is 25.3 Å². The van der Waals surface area contributed by atoms with Crippen molar-refractivity contribution in [3.05, 3.63) is 42.0 Å². The van der Waals surface area contributed by atoms with Crippen molar-refractivity contribution in [2.45, 2.75) is 25.8 Å². The highest BCUT2D eigenvalue weighted by Crippen LogP contribution is 2.11. The molecule has 0 aliphatic carbocycles. The quantitative estimate of drug-likeness (QED) is 0.815. The largest absolute Gasteiger partial charge is 0.353 e. The number of hydrogen-bond acceptors (Lipinski definition) is 3. The lowest BCUT2D eigenvalue weighted by Gasteiger charge is -2.31. The first-order valence-electron chi connectivity index (χ1n) is 7.99. The van der Waals surface area contributed by atoms with Gasteiger partial charge in [-0.15, -0.1) is 11.8 Å². The third kappa shape index (κ3) is 6.48. The van der Waals surface area contributed by atoms with E-state index in [1.54, 1.807) is 18.7 Å². The summed E-state index contributed by atoms with van der Waals surface area (Å²) in [4.78, 5) is 25.0. The topological polar surface area (TPSA) is 49.4 Å². The van der Waals surface area contributed by atoms with Gasteiger partial charge in [0.1, 0.15) is 0 Å². The lowest BCUT2D eigenvalue weighted by Crippen LogP contribution is -2.46. The molecule has 2 rings (SSSR count). The Labute approximate surface area is 142 Å². The summed E-state index contributed by atoms with van der Waals surface area (Å²) in [5.74, 6) is 1.51. The Hall–Kier alpha value is -1.75. The predicted octanol–water partition coefficient (Wildman–Crippen LogP) is 2.56. The third-order valence-electron chi connectivity index (χ3n) is 3.86. The van der Waals surface area contributed by atoms with Crippen molar-refractivity contribution in [1.29, 1.82) is 0 Å². The number of piperidine rings is 1. The van der Waals surface area contributed by atoms with Crippen LogP contribution in [-0.4, -0.2) is 47.4 Å². The van der Waals surface area contributed by atoms with Crippen molar-refractivity contribution in [2.75, 3.05) is 24.6 Å². The van der Waals surface area contributed by atoms with Crippen molar-refractivity contribution in [3.63, 3.8) is 0 Å². The molecular weight excluding hydrogens is 308 g/mol. The molecule has 23 heavy (non-hydrogen) atoms. The molecule has 5 heteroatoms. The molecule has 1 fully saturated rings. The van der Waals surface area contributed by atoms with Crippen LogP contribution in [0.2, 0.25) is 0 Å². The molecule has 4 nitrogen and oxygen atoms in total. The highest BCUT2D eigenvalue weighted by atomic mass is 32.2. The second kappa shape index (κ2) is 9.40. The summed E-state index contributed by atoms with van der Waals surface area (Å²) >= 11 is 1.61. The van der Waals surface area contributed by atoms with E-state index >= 15 is 0 Å². The highest BCUT2D eigenvalue weighted by Gasteiger charge is 2.21. The summed E-state index contributed by atoms with van der Waals surface area (Å²) in [6, 6.07) is 10.3. The first kappa shape index (κ1) is 17.6. The standard InChI is InChI=1S/C18H24N2O2S/c1-15(21)20-11-9-17(10-12-20)19-18(22)14-23-13-5-8-16-6-3-2-4-7-16/h2-8,17H,9-14H2,1H3,(H,19,22). The van der Waals surface area contributed by atoms with Gasteiger partial charge in [0, 0.05) is 31.8 Å². The fourth-order valence-electron chi connectivity index (χ4n) is 2.58. The van der Waals surface area contributed by atoms with Crippen LogP contribution >= 0.6 is 11.8 Å². The van der Waals surface area contributed by atoms with E-state index in [9.17, 15) is 9.59 Å². The van der Waals surface area contributed by atoms with Gasteiger partial charge in [-0.2, -0.15) is 0 Å². The molecule has 0 unspecified atom stereocenters. The lowest BCUT2D eigenvalue weighted by molar-refractivity contribution is -0.130. The minimum absolute atomic E-state index is 0.0874. The summed E-state index contributed by atoms with van der Waals surface area (Å²) in [5, 5.41) is 3.07. The molecule has 0 aromatic heterocycles. The Morgan fingerprint density at radius 1 is 1.26 bits per heavy atom. The lowest BCUT2D eigenvalue weighted by atomic mass is 10.1. The molecule has 0 spiro atoms. The average Bonchev–Trinajstić information content (AvgIpc) is 2.56. The van der Waals surface area contributed by atoms with E-state index in [0.29, 0.717) is 5.75 Å². The zero-order chi connectivity index (χ0) is 16.5. The maximum absolute atomic E-state index is 11.9. The van der Waals surface area contributed by atoms with Gasteiger partial charge in [0.2, 0.25) is 11.8 Å². The zero-order valence-electron chi connectivity index (χ0n) is 13.5. The zero-order valence-corrected chi connectivity index (χ0v) is 14.3. The normalized spacial score (nSPS) is 15.8. The molecule has 0 saturated carbocycles. The fraction of sp³-hybridized carbons (Fsp3) is 0.444. The van der Waals surface area contributed by atoms with E-state index in [1.807, 2.05) is 23.1 Å². The number of carbonyl (C=O) groups is 2. The fourth-order valence-corrected chi connectivity index (χ4v) is 3.19. The Kier molecular flexibility index (Phi) is 7.20. The maximum atomic E-state index is 11.9. The number of likely N-dealkylation sites (tertiary alicyclic amines) is 1. The molecule has 2 amide bonds. The van der Waals surface area contributed by atoms with Gasteiger partial charge >= 0.3 is 0 Å². The Balaban J connectivity index is 1.59. The molecule has 1 aromatic carbocycles. The number of nitrogens with zero attached hydrogens (tertiary/aromatic N) is 1. The molecule has 1 heterocycles. The molecular formula is C18H24N2O2S. The Bertz CT molecular complexity index is 537. The van der Waals surface area contributed by atoms with Gasteiger partial charge in [-0.25, -0.2) is 0 Å². The van der Waals surface area contributed by atoms with Gasteiger partial charge in [-0.05, 0) is 18.4 Å². The van der Waals surface area contributed by atoms with E-state index in [0.717, 1.165) is 31.7 Å². The van der Waals surface area contributed by atoms with Crippen LogP contribution in [-0.2, 0) is 9.59 Å². The van der Waals surface area contributed by atoms with Crippen molar-refractivity contribution in [1.82, 2.24) is 10.2 Å². The second-order valence-corrected chi connectivity index (χ2v) is 6.71. The van der Waals surface area contributed by atoms with Crippen molar-refractivity contribution in [2.24, 2.45) is 0 Å². The second-order valence-electron chi connectivity index (χ2n) is 5.68.